The van der Waals surface area contributed by atoms with Gasteiger partial charge in [0.15, 0.2) is 17.6 Å². The standard InChI is InChI=1S/C18H21N5O3/c1-13(26-18(25)15-16(19)21-8-7-20-15)17(24)23-11-9-22(10-12-23)14-5-3-2-4-6-14/h2-8,13H,9-12H2,1H3,(H2,19,21). The summed E-state index contributed by atoms with van der Waals surface area (Å²) in [4.78, 5) is 36.2. The summed E-state index contributed by atoms with van der Waals surface area (Å²) in [6.07, 6.45) is 1.82. The highest BCUT2D eigenvalue weighted by Gasteiger charge is 2.28. The summed E-state index contributed by atoms with van der Waals surface area (Å²) in [5.41, 5.74) is 6.67. The molecule has 8 heteroatoms. The highest BCUT2D eigenvalue weighted by atomic mass is 16.5. The first-order chi connectivity index (χ1) is 12.6. The van der Waals surface area contributed by atoms with Gasteiger partial charge in [-0.25, -0.2) is 14.8 Å². The largest absolute Gasteiger partial charge is 0.448 e. The first-order valence-corrected chi connectivity index (χ1v) is 8.42. The van der Waals surface area contributed by atoms with Crippen LogP contribution in [0.1, 0.15) is 17.4 Å². The molecule has 0 bridgehead atoms. The summed E-state index contributed by atoms with van der Waals surface area (Å²) < 4.78 is 5.22. The lowest BCUT2D eigenvalue weighted by Crippen LogP contribution is -2.51. The number of benzene rings is 1. The Labute approximate surface area is 151 Å². The van der Waals surface area contributed by atoms with Crippen molar-refractivity contribution in [1.29, 1.82) is 0 Å². The molecule has 1 unspecified atom stereocenters. The molecular formula is C18H21N5O3. The second-order valence-electron chi connectivity index (χ2n) is 5.99. The summed E-state index contributed by atoms with van der Waals surface area (Å²) in [6.45, 7) is 4.16. The maximum absolute atomic E-state index is 12.6. The second kappa shape index (κ2) is 7.81. The van der Waals surface area contributed by atoms with Gasteiger partial charge >= 0.3 is 5.97 Å². The van der Waals surface area contributed by atoms with Gasteiger partial charge in [0, 0.05) is 44.3 Å². The van der Waals surface area contributed by atoms with Gasteiger partial charge in [0.25, 0.3) is 5.91 Å². The Bertz CT molecular complexity index is 775. The lowest BCUT2D eigenvalue weighted by Gasteiger charge is -2.37. The molecule has 0 aliphatic carbocycles. The summed E-state index contributed by atoms with van der Waals surface area (Å²) in [7, 11) is 0. The molecule has 1 aliphatic rings. The number of carbonyl (C=O) groups is 2. The van der Waals surface area contributed by atoms with Crippen molar-refractivity contribution in [2.45, 2.75) is 13.0 Å². The van der Waals surface area contributed by atoms with Crippen LogP contribution >= 0.6 is 0 Å². The quantitative estimate of drug-likeness (QED) is 0.815. The van der Waals surface area contributed by atoms with Crippen LogP contribution in [0, 0.1) is 0 Å². The van der Waals surface area contributed by atoms with Crippen LogP contribution in [0.3, 0.4) is 0 Å². The second-order valence-corrected chi connectivity index (χ2v) is 5.99. The van der Waals surface area contributed by atoms with Crippen LogP contribution in [0.4, 0.5) is 11.5 Å². The SMILES string of the molecule is CC(OC(=O)c1nccnc1N)C(=O)N1CCN(c2ccccc2)CC1. The van der Waals surface area contributed by atoms with Gasteiger partial charge in [0.1, 0.15) is 0 Å². The van der Waals surface area contributed by atoms with Crippen LogP contribution in [0.2, 0.25) is 0 Å². The Kier molecular flexibility index (Phi) is 5.31. The highest BCUT2D eigenvalue weighted by molar-refractivity contribution is 5.94. The maximum atomic E-state index is 12.6. The molecule has 1 saturated heterocycles. The van der Waals surface area contributed by atoms with Crippen LogP contribution in [0.25, 0.3) is 0 Å². The highest BCUT2D eigenvalue weighted by Crippen LogP contribution is 2.16. The number of ether oxygens (including phenoxy) is 1. The normalized spacial score (nSPS) is 15.4. The van der Waals surface area contributed by atoms with Crippen molar-refractivity contribution in [3.8, 4) is 0 Å². The molecule has 0 saturated carbocycles. The van der Waals surface area contributed by atoms with E-state index in [1.165, 1.54) is 12.4 Å². The van der Waals surface area contributed by atoms with E-state index in [0.717, 1.165) is 18.8 Å². The van der Waals surface area contributed by atoms with Crippen LogP contribution in [-0.2, 0) is 9.53 Å². The number of aromatic nitrogens is 2. The minimum atomic E-state index is -0.910. The van der Waals surface area contributed by atoms with Crippen molar-refractivity contribution in [3.05, 3.63) is 48.4 Å². The lowest BCUT2D eigenvalue weighted by atomic mass is 10.2. The van der Waals surface area contributed by atoms with E-state index >= 15 is 0 Å². The van der Waals surface area contributed by atoms with Gasteiger partial charge in [-0.3, -0.25) is 4.79 Å². The summed E-state index contributed by atoms with van der Waals surface area (Å²) in [5.74, 6) is -0.999. The minimum Gasteiger partial charge on any atom is -0.448 e. The first kappa shape index (κ1) is 17.7. The van der Waals surface area contributed by atoms with E-state index in [1.54, 1.807) is 11.8 Å². The molecule has 0 radical (unpaired) electrons. The van der Waals surface area contributed by atoms with E-state index in [9.17, 15) is 9.59 Å². The molecule has 26 heavy (non-hydrogen) atoms. The number of amides is 1. The van der Waals surface area contributed by atoms with Crippen molar-refractivity contribution in [3.63, 3.8) is 0 Å². The molecule has 1 amide bonds. The zero-order valence-corrected chi connectivity index (χ0v) is 14.5. The van der Waals surface area contributed by atoms with E-state index in [4.69, 9.17) is 10.5 Å². The number of anilines is 2. The summed E-state index contributed by atoms with van der Waals surface area (Å²) in [5, 5.41) is 0. The van der Waals surface area contributed by atoms with E-state index in [0.29, 0.717) is 13.1 Å². The Morgan fingerprint density at radius 1 is 1.08 bits per heavy atom. The zero-order chi connectivity index (χ0) is 18.5. The summed E-state index contributed by atoms with van der Waals surface area (Å²) in [6, 6.07) is 10.1. The Balaban J connectivity index is 1.55. The van der Waals surface area contributed by atoms with Gasteiger partial charge in [0.05, 0.1) is 0 Å². The lowest BCUT2D eigenvalue weighted by molar-refractivity contribution is -0.140. The minimum absolute atomic E-state index is 0.0198. The third-order valence-electron chi connectivity index (χ3n) is 4.26. The van der Waals surface area contributed by atoms with Gasteiger partial charge < -0.3 is 20.3 Å². The molecule has 2 N–H and O–H groups in total. The van der Waals surface area contributed by atoms with Crippen LogP contribution in [0.5, 0.6) is 0 Å². The summed E-state index contributed by atoms with van der Waals surface area (Å²) >= 11 is 0. The number of nitrogens with two attached hydrogens (primary N) is 1. The van der Waals surface area contributed by atoms with E-state index in [2.05, 4.69) is 14.9 Å². The van der Waals surface area contributed by atoms with Crippen molar-refractivity contribution in [2.24, 2.45) is 0 Å². The number of carbonyl (C=O) groups excluding carboxylic acids is 2. The Hall–Kier alpha value is -3.16. The molecule has 2 heterocycles. The van der Waals surface area contributed by atoms with Crippen LogP contribution < -0.4 is 10.6 Å². The van der Waals surface area contributed by atoms with E-state index < -0.39 is 12.1 Å². The topological polar surface area (TPSA) is 102 Å². The fraction of sp³-hybridized carbons (Fsp3) is 0.333. The average Bonchev–Trinajstić information content (AvgIpc) is 2.68. The number of esters is 1. The Morgan fingerprint density at radius 2 is 1.73 bits per heavy atom. The van der Waals surface area contributed by atoms with Gasteiger partial charge in [-0.05, 0) is 19.1 Å². The van der Waals surface area contributed by atoms with Crippen LogP contribution in [0.15, 0.2) is 42.7 Å². The molecule has 8 nitrogen and oxygen atoms in total. The molecule has 1 aromatic heterocycles. The molecule has 1 fully saturated rings. The number of nitrogen functional groups attached to an aromatic ring is 1. The van der Waals surface area contributed by atoms with Gasteiger partial charge in [-0.1, -0.05) is 18.2 Å². The number of nitrogens with zero attached hydrogens (tertiary/aromatic N) is 4. The molecule has 0 spiro atoms. The fourth-order valence-electron chi connectivity index (χ4n) is 2.85. The number of hydrogen-bond donors (Lipinski definition) is 1. The van der Waals surface area contributed by atoms with Gasteiger partial charge in [-0.2, -0.15) is 0 Å². The average molecular weight is 355 g/mol. The number of para-hydroxylation sites is 1. The fourth-order valence-corrected chi connectivity index (χ4v) is 2.85. The Morgan fingerprint density at radius 3 is 2.38 bits per heavy atom. The van der Waals surface area contributed by atoms with E-state index in [-0.39, 0.29) is 17.4 Å². The monoisotopic (exact) mass is 355 g/mol. The van der Waals surface area contributed by atoms with Crippen molar-refractivity contribution < 1.29 is 14.3 Å². The van der Waals surface area contributed by atoms with Crippen molar-refractivity contribution in [1.82, 2.24) is 14.9 Å². The zero-order valence-electron chi connectivity index (χ0n) is 14.5. The molecule has 1 aliphatic heterocycles. The van der Waals surface area contributed by atoms with Crippen LogP contribution in [-0.4, -0.2) is 59.0 Å². The third-order valence-corrected chi connectivity index (χ3v) is 4.26. The molecule has 1 aromatic carbocycles. The first-order valence-electron chi connectivity index (χ1n) is 8.42. The molecule has 2 aromatic rings. The number of piperazine rings is 1. The van der Waals surface area contributed by atoms with E-state index in [1.807, 2.05) is 30.3 Å². The number of rotatable bonds is 4. The van der Waals surface area contributed by atoms with Gasteiger partial charge in [0.2, 0.25) is 0 Å². The molecule has 136 valence electrons. The smallest absolute Gasteiger partial charge is 0.361 e. The molecule has 1 atom stereocenters. The molecular weight excluding hydrogens is 334 g/mol. The van der Waals surface area contributed by atoms with Crippen molar-refractivity contribution >= 4 is 23.4 Å². The maximum Gasteiger partial charge on any atom is 0.361 e. The predicted octanol–water partition coefficient (Wildman–Crippen LogP) is 0.953. The van der Waals surface area contributed by atoms with Crippen molar-refractivity contribution in [2.75, 3.05) is 36.8 Å². The number of hydrogen-bond acceptors (Lipinski definition) is 7. The van der Waals surface area contributed by atoms with Gasteiger partial charge in [-0.15, -0.1) is 0 Å². The predicted molar refractivity (Wildman–Crippen MR) is 96.6 cm³/mol. The third kappa shape index (κ3) is 3.90. The molecule has 3 rings (SSSR count).